The Morgan fingerprint density at radius 3 is 3.05 bits per heavy atom. The van der Waals surface area contributed by atoms with Crippen LogP contribution in [-0.4, -0.2) is 16.6 Å². The molecule has 21 heavy (non-hydrogen) atoms. The van der Waals surface area contributed by atoms with Gasteiger partial charge in [0.15, 0.2) is 11.6 Å². The van der Waals surface area contributed by atoms with Gasteiger partial charge in [0, 0.05) is 36.1 Å². The number of anilines is 1. The van der Waals surface area contributed by atoms with Crippen molar-refractivity contribution in [2.75, 3.05) is 11.9 Å². The van der Waals surface area contributed by atoms with Crippen LogP contribution in [0.5, 0.6) is 5.75 Å². The van der Waals surface area contributed by atoms with E-state index in [1.165, 1.54) is 6.07 Å². The number of fused-ring (bicyclic) bond motifs is 1. The number of pyridine rings is 1. The van der Waals surface area contributed by atoms with E-state index in [9.17, 15) is 4.39 Å². The average molecular weight is 285 g/mol. The first-order valence-electron chi connectivity index (χ1n) is 6.85. The summed E-state index contributed by atoms with van der Waals surface area (Å²) in [7, 11) is 0. The van der Waals surface area contributed by atoms with Gasteiger partial charge in [-0.25, -0.2) is 9.37 Å². The molecule has 2 aromatic heterocycles. The molecular weight excluding hydrogens is 269 g/mol. The van der Waals surface area contributed by atoms with Crippen molar-refractivity contribution in [2.45, 2.75) is 13.5 Å². The molecule has 0 bridgehead atoms. The maximum absolute atomic E-state index is 13.8. The van der Waals surface area contributed by atoms with Crippen molar-refractivity contribution in [2.24, 2.45) is 0 Å². The fraction of sp³-hybridized carbons (Fsp3) is 0.188. The fourth-order valence-corrected chi connectivity index (χ4v) is 2.24. The van der Waals surface area contributed by atoms with Gasteiger partial charge in [-0.15, -0.1) is 0 Å². The van der Waals surface area contributed by atoms with Gasteiger partial charge in [0.2, 0.25) is 0 Å². The second kappa shape index (κ2) is 5.83. The number of H-pyrrole nitrogens is 1. The van der Waals surface area contributed by atoms with Gasteiger partial charge in [0.1, 0.15) is 5.65 Å². The van der Waals surface area contributed by atoms with Crippen LogP contribution < -0.4 is 10.1 Å². The van der Waals surface area contributed by atoms with Crippen molar-refractivity contribution in [3.8, 4) is 5.75 Å². The van der Waals surface area contributed by atoms with E-state index in [4.69, 9.17) is 4.74 Å². The molecule has 0 saturated heterocycles. The van der Waals surface area contributed by atoms with Gasteiger partial charge in [0.05, 0.1) is 6.61 Å². The molecule has 3 rings (SSSR count). The maximum atomic E-state index is 13.8. The van der Waals surface area contributed by atoms with Crippen LogP contribution >= 0.6 is 0 Å². The highest BCUT2D eigenvalue weighted by Crippen LogP contribution is 2.22. The van der Waals surface area contributed by atoms with Crippen LogP contribution in [0, 0.1) is 5.82 Å². The molecule has 0 aliphatic carbocycles. The second-order valence-corrected chi connectivity index (χ2v) is 4.65. The van der Waals surface area contributed by atoms with Crippen LogP contribution in [-0.2, 0) is 6.54 Å². The number of rotatable bonds is 5. The Labute approximate surface area is 122 Å². The van der Waals surface area contributed by atoms with Crippen molar-refractivity contribution >= 4 is 16.7 Å². The minimum Gasteiger partial charge on any atom is -0.491 e. The third kappa shape index (κ3) is 2.81. The Morgan fingerprint density at radius 2 is 2.24 bits per heavy atom. The molecule has 5 heteroatoms. The number of halogens is 1. The molecule has 0 radical (unpaired) electrons. The van der Waals surface area contributed by atoms with E-state index < -0.39 is 0 Å². The van der Waals surface area contributed by atoms with E-state index in [-0.39, 0.29) is 11.6 Å². The van der Waals surface area contributed by atoms with Crippen LogP contribution in [0.15, 0.2) is 42.7 Å². The molecule has 0 amide bonds. The topological polar surface area (TPSA) is 49.9 Å². The number of hydrogen-bond donors (Lipinski definition) is 2. The van der Waals surface area contributed by atoms with Gasteiger partial charge in [-0.1, -0.05) is 0 Å². The summed E-state index contributed by atoms with van der Waals surface area (Å²) in [6.07, 6.45) is 3.66. The first kappa shape index (κ1) is 13.4. The van der Waals surface area contributed by atoms with Gasteiger partial charge >= 0.3 is 0 Å². The third-order valence-corrected chi connectivity index (χ3v) is 3.25. The summed E-state index contributed by atoms with van der Waals surface area (Å²) in [4.78, 5) is 7.36. The summed E-state index contributed by atoms with van der Waals surface area (Å²) in [6, 6.07) is 8.79. The molecule has 0 fully saturated rings. The summed E-state index contributed by atoms with van der Waals surface area (Å²) in [5, 5.41) is 4.27. The summed E-state index contributed by atoms with van der Waals surface area (Å²) >= 11 is 0. The van der Waals surface area contributed by atoms with Gasteiger partial charge in [-0.2, -0.15) is 0 Å². The highest BCUT2D eigenvalue weighted by atomic mass is 19.1. The second-order valence-electron chi connectivity index (χ2n) is 4.65. The Kier molecular flexibility index (Phi) is 3.73. The van der Waals surface area contributed by atoms with Crippen LogP contribution in [0.2, 0.25) is 0 Å². The highest BCUT2D eigenvalue weighted by molar-refractivity contribution is 5.79. The molecule has 2 N–H and O–H groups in total. The number of aromatic nitrogens is 2. The SMILES string of the molecule is CCOc1ccc(NCc2c[nH]c3ncccc23)cc1F. The smallest absolute Gasteiger partial charge is 0.167 e. The Bertz CT molecular complexity index is 754. The van der Waals surface area contributed by atoms with Crippen molar-refractivity contribution in [3.63, 3.8) is 0 Å². The predicted octanol–water partition coefficient (Wildman–Crippen LogP) is 3.71. The van der Waals surface area contributed by atoms with Crippen LogP contribution in [0.3, 0.4) is 0 Å². The molecule has 0 spiro atoms. The molecule has 0 saturated carbocycles. The molecular formula is C16H16FN3O. The zero-order valence-corrected chi connectivity index (χ0v) is 11.7. The minimum absolute atomic E-state index is 0.277. The maximum Gasteiger partial charge on any atom is 0.167 e. The van der Waals surface area contributed by atoms with Gasteiger partial charge in [-0.3, -0.25) is 0 Å². The lowest BCUT2D eigenvalue weighted by molar-refractivity contribution is 0.321. The predicted molar refractivity (Wildman–Crippen MR) is 81.0 cm³/mol. The lowest BCUT2D eigenvalue weighted by Gasteiger charge is -2.09. The normalized spacial score (nSPS) is 10.8. The zero-order valence-electron chi connectivity index (χ0n) is 11.7. The summed E-state index contributed by atoms with van der Waals surface area (Å²) in [5.41, 5.74) is 2.66. The summed E-state index contributed by atoms with van der Waals surface area (Å²) < 4.78 is 19.0. The standard InChI is InChI=1S/C16H16FN3O/c1-2-21-15-6-5-12(8-14(15)17)19-9-11-10-20-16-13(11)4-3-7-18-16/h3-8,10,19H,2,9H2,1H3,(H,18,20). The summed E-state index contributed by atoms with van der Waals surface area (Å²) in [6.45, 7) is 2.88. The number of nitrogens with one attached hydrogen (secondary N) is 2. The van der Waals surface area contributed by atoms with Crippen molar-refractivity contribution in [1.29, 1.82) is 0 Å². The minimum atomic E-state index is -0.359. The molecule has 108 valence electrons. The average Bonchev–Trinajstić information content (AvgIpc) is 2.91. The molecule has 0 atom stereocenters. The number of aromatic amines is 1. The number of ether oxygens (including phenoxy) is 1. The Balaban J connectivity index is 1.74. The monoisotopic (exact) mass is 285 g/mol. The van der Waals surface area contributed by atoms with Gasteiger partial charge in [0.25, 0.3) is 0 Å². The first-order valence-corrected chi connectivity index (χ1v) is 6.85. The molecule has 0 aliphatic heterocycles. The van der Waals surface area contributed by atoms with E-state index in [0.29, 0.717) is 18.8 Å². The van der Waals surface area contributed by atoms with Crippen molar-refractivity contribution in [3.05, 3.63) is 54.1 Å². The largest absolute Gasteiger partial charge is 0.491 e. The number of nitrogens with zero attached hydrogens (tertiary/aromatic N) is 1. The van der Waals surface area contributed by atoms with E-state index in [2.05, 4.69) is 15.3 Å². The van der Waals surface area contributed by atoms with Crippen molar-refractivity contribution in [1.82, 2.24) is 9.97 Å². The first-order chi connectivity index (χ1) is 10.3. The number of benzene rings is 1. The Hall–Kier alpha value is -2.56. The number of hydrogen-bond acceptors (Lipinski definition) is 3. The van der Waals surface area contributed by atoms with E-state index in [1.54, 1.807) is 18.3 Å². The lowest BCUT2D eigenvalue weighted by atomic mass is 10.2. The molecule has 3 aromatic rings. The van der Waals surface area contributed by atoms with Crippen LogP contribution in [0.25, 0.3) is 11.0 Å². The molecule has 0 aliphatic rings. The van der Waals surface area contributed by atoms with E-state index in [1.807, 2.05) is 25.3 Å². The van der Waals surface area contributed by atoms with E-state index in [0.717, 1.165) is 16.6 Å². The lowest BCUT2D eigenvalue weighted by Crippen LogP contribution is -2.00. The van der Waals surface area contributed by atoms with E-state index >= 15 is 0 Å². The molecule has 4 nitrogen and oxygen atoms in total. The van der Waals surface area contributed by atoms with Gasteiger partial charge in [-0.05, 0) is 36.8 Å². The Morgan fingerprint density at radius 1 is 1.33 bits per heavy atom. The van der Waals surface area contributed by atoms with Crippen molar-refractivity contribution < 1.29 is 9.13 Å². The quantitative estimate of drug-likeness (QED) is 0.751. The molecule has 1 aromatic carbocycles. The zero-order chi connectivity index (χ0) is 14.7. The fourth-order valence-electron chi connectivity index (χ4n) is 2.24. The van der Waals surface area contributed by atoms with Crippen LogP contribution in [0.1, 0.15) is 12.5 Å². The van der Waals surface area contributed by atoms with Crippen LogP contribution in [0.4, 0.5) is 10.1 Å². The molecule has 0 unspecified atom stereocenters. The third-order valence-electron chi connectivity index (χ3n) is 3.25. The van der Waals surface area contributed by atoms with Gasteiger partial charge < -0.3 is 15.0 Å². The molecule has 2 heterocycles. The summed E-state index contributed by atoms with van der Waals surface area (Å²) in [5.74, 6) is -0.0817. The highest BCUT2D eigenvalue weighted by Gasteiger charge is 2.06.